The van der Waals surface area contributed by atoms with Crippen LogP contribution in [0.25, 0.3) is 27.8 Å². The number of rotatable bonds is 5. The standard InChI is InChI=1S/C25H27N7O3/c1-29-14-19(12-27-29)17-4-6-20(7-5-17)32-22-21(13-28-32)24(34)31(16-26-22)15-25(35)8-10-30(11-9-25)23(33)18-2-3-18/h4-7,12-14,16,18,35H,2-3,8-11,15H2,1H3. The SMILES string of the molecule is Cn1cc(-c2ccc(-n3ncc4c(=O)n(CC5(O)CCN(C(=O)C6CC6)CC5)cnc43)cc2)cn1. The molecule has 2 fully saturated rings. The minimum atomic E-state index is -1.04. The number of carbonyl (C=O) groups excluding carboxylic acids is 1. The molecular weight excluding hydrogens is 446 g/mol. The first-order valence-corrected chi connectivity index (χ1v) is 11.9. The summed E-state index contributed by atoms with van der Waals surface area (Å²) in [6.07, 6.45) is 9.60. The maximum Gasteiger partial charge on any atom is 0.264 e. The van der Waals surface area contributed by atoms with Gasteiger partial charge in [0.2, 0.25) is 5.91 Å². The van der Waals surface area contributed by atoms with Crippen molar-refractivity contribution < 1.29 is 9.90 Å². The van der Waals surface area contributed by atoms with E-state index in [1.807, 2.05) is 48.6 Å². The summed E-state index contributed by atoms with van der Waals surface area (Å²) in [5.41, 5.74) is 2.04. The number of nitrogens with zero attached hydrogens (tertiary/aromatic N) is 7. The van der Waals surface area contributed by atoms with Crippen LogP contribution in [0.1, 0.15) is 25.7 Å². The van der Waals surface area contributed by atoms with E-state index in [1.165, 1.54) is 17.1 Å². The Labute approximate surface area is 201 Å². The van der Waals surface area contributed by atoms with Crippen molar-refractivity contribution in [3.63, 3.8) is 0 Å². The monoisotopic (exact) mass is 473 g/mol. The molecule has 2 aliphatic rings. The zero-order valence-corrected chi connectivity index (χ0v) is 19.5. The minimum Gasteiger partial charge on any atom is -0.388 e. The number of carbonyl (C=O) groups is 1. The molecule has 0 spiro atoms. The zero-order chi connectivity index (χ0) is 24.2. The first-order valence-electron chi connectivity index (χ1n) is 11.9. The minimum absolute atomic E-state index is 0.144. The smallest absolute Gasteiger partial charge is 0.264 e. The van der Waals surface area contributed by atoms with Gasteiger partial charge in [-0.3, -0.25) is 18.8 Å². The summed E-state index contributed by atoms with van der Waals surface area (Å²) in [6.45, 7) is 1.18. The maximum absolute atomic E-state index is 13.2. The van der Waals surface area contributed by atoms with Crippen LogP contribution in [0.4, 0.5) is 0 Å². The van der Waals surface area contributed by atoms with Gasteiger partial charge in [0.1, 0.15) is 11.7 Å². The summed E-state index contributed by atoms with van der Waals surface area (Å²) < 4.78 is 4.86. The molecule has 3 aromatic heterocycles. The molecule has 0 unspecified atom stereocenters. The van der Waals surface area contributed by atoms with Gasteiger partial charge < -0.3 is 10.0 Å². The summed E-state index contributed by atoms with van der Waals surface area (Å²) in [7, 11) is 1.88. The molecule has 0 atom stereocenters. The molecule has 35 heavy (non-hydrogen) atoms. The van der Waals surface area contributed by atoms with Crippen LogP contribution < -0.4 is 5.56 Å². The van der Waals surface area contributed by atoms with E-state index in [-0.39, 0.29) is 23.9 Å². The number of piperidine rings is 1. The van der Waals surface area contributed by atoms with E-state index in [0.717, 1.165) is 29.7 Å². The number of amides is 1. The fourth-order valence-corrected chi connectivity index (χ4v) is 4.82. The summed E-state index contributed by atoms with van der Waals surface area (Å²) in [5.74, 6) is 0.381. The molecule has 0 radical (unpaired) electrons. The number of hydrogen-bond acceptors (Lipinski definition) is 6. The first-order chi connectivity index (χ1) is 16.9. The molecule has 1 aliphatic heterocycles. The van der Waals surface area contributed by atoms with Crippen molar-refractivity contribution in [2.75, 3.05) is 13.1 Å². The topological polar surface area (TPSA) is 111 Å². The van der Waals surface area contributed by atoms with Gasteiger partial charge in [-0.25, -0.2) is 9.67 Å². The summed E-state index contributed by atoms with van der Waals surface area (Å²) in [4.78, 5) is 31.8. The molecular formula is C25H27N7O3. The fourth-order valence-electron chi connectivity index (χ4n) is 4.82. The molecule has 10 heteroatoms. The van der Waals surface area contributed by atoms with Gasteiger partial charge in [-0.05, 0) is 43.4 Å². The molecule has 6 rings (SSSR count). The Bertz CT molecular complexity index is 1450. The quantitative estimate of drug-likeness (QED) is 0.473. The van der Waals surface area contributed by atoms with E-state index in [0.29, 0.717) is 37.0 Å². The number of fused-ring (bicyclic) bond motifs is 1. The summed E-state index contributed by atoms with van der Waals surface area (Å²) >= 11 is 0. The van der Waals surface area contributed by atoms with Crippen LogP contribution in [-0.2, 0) is 18.4 Å². The largest absolute Gasteiger partial charge is 0.388 e. The average molecular weight is 474 g/mol. The Balaban J connectivity index is 1.21. The van der Waals surface area contributed by atoms with Crippen molar-refractivity contribution in [3.05, 3.63) is 59.5 Å². The van der Waals surface area contributed by atoms with Gasteiger partial charge in [0.15, 0.2) is 5.65 Å². The number of aromatic nitrogens is 6. The third-order valence-electron chi connectivity index (χ3n) is 7.10. The van der Waals surface area contributed by atoms with E-state index in [1.54, 1.807) is 9.36 Å². The molecule has 10 nitrogen and oxygen atoms in total. The highest BCUT2D eigenvalue weighted by atomic mass is 16.3. The predicted octanol–water partition coefficient (Wildman–Crippen LogP) is 1.75. The zero-order valence-electron chi connectivity index (χ0n) is 19.5. The molecule has 1 aliphatic carbocycles. The Morgan fingerprint density at radius 1 is 1.09 bits per heavy atom. The number of aryl methyl sites for hydroxylation is 1. The molecule has 180 valence electrons. The van der Waals surface area contributed by atoms with Gasteiger partial charge in [0.05, 0.1) is 30.2 Å². The Morgan fingerprint density at radius 3 is 2.49 bits per heavy atom. The lowest BCUT2D eigenvalue weighted by Crippen LogP contribution is -2.50. The first kappa shape index (κ1) is 21.7. The van der Waals surface area contributed by atoms with Crippen LogP contribution in [0, 0.1) is 5.92 Å². The van der Waals surface area contributed by atoms with E-state index in [4.69, 9.17) is 0 Å². The van der Waals surface area contributed by atoms with E-state index in [9.17, 15) is 14.7 Å². The average Bonchev–Trinajstić information content (AvgIpc) is 3.48. The third kappa shape index (κ3) is 4.03. The highest BCUT2D eigenvalue weighted by molar-refractivity contribution is 5.81. The van der Waals surface area contributed by atoms with Crippen LogP contribution >= 0.6 is 0 Å². The van der Waals surface area contributed by atoms with Crippen molar-refractivity contribution in [1.82, 2.24) is 34.0 Å². The molecule has 4 heterocycles. The Morgan fingerprint density at radius 2 is 1.83 bits per heavy atom. The number of likely N-dealkylation sites (tertiary alicyclic amines) is 1. The predicted molar refractivity (Wildman–Crippen MR) is 129 cm³/mol. The highest BCUT2D eigenvalue weighted by Gasteiger charge is 2.39. The van der Waals surface area contributed by atoms with Gasteiger partial charge in [-0.1, -0.05) is 12.1 Å². The molecule has 1 amide bonds. The lowest BCUT2D eigenvalue weighted by molar-refractivity contribution is -0.137. The van der Waals surface area contributed by atoms with Crippen molar-refractivity contribution >= 4 is 16.9 Å². The molecule has 1 saturated heterocycles. The molecule has 1 N–H and O–H groups in total. The summed E-state index contributed by atoms with van der Waals surface area (Å²) in [5, 5.41) is 20.1. The molecule has 1 saturated carbocycles. The van der Waals surface area contributed by atoms with Gasteiger partial charge in [0, 0.05) is 37.8 Å². The van der Waals surface area contributed by atoms with Gasteiger partial charge in [0.25, 0.3) is 5.56 Å². The van der Waals surface area contributed by atoms with Crippen molar-refractivity contribution in [2.45, 2.75) is 37.8 Å². The second kappa shape index (κ2) is 8.16. The highest BCUT2D eigenvalue weighted by Crippen LogP contribution is 2.33. The summed E-state index contributed by atoms with van der Waals surface area (Å²) in [6, 6.07) is 7.83. The second-order valence-corrected chi connectivity index (χ2v) is 9.74. The third-order valence-corrected chi connectivity index (χ3v) is 7.10. The number of hydrogen-bond donors (Lipinski definition) is 1. The molecule has 1 aromatic carbocycles. The van der Waals surface area contributed by atoms with Crippen LogP contribution in [0.3, 0.4) is 0 Å². The number of benzene rings is 1. The van der Waals surface area contributed by atoms with Crippen LogP contribution in [0.15, 0.2) is 54.0 Å². The van der Waals surface area contributed by atoms with Crippen LogP contribution in [-0.4, -0.2) is 63.7 Å². The molecule has 0 bridgehead atoms. The van der Waals surface area contributed by atoms with Gasteiger partial charge in [-0.15, -0.1) is 0 Å². The maximum atomic E-state index is 13.2. The van der Waals surface area contributed by atoms with E-state index in [2.05, 4.69) is 15.2 Å². The van der Waals surface area contributed by atoms with Crippen LogP contribution in [0.2, 0.25) is 0 Å². The van der Waals surface area contributed by atoms with Gasteiger partial charge >= 0.3 is 0 Å². The van der Waals surface area contributed by atoms with Crippen molar-refractivity contribution in [1.29, 1.82) is 0 Å². The second-order valence-electron chi connectivity index (χ2n) is 9.74. The van der Waals surface area contributed by atoms with Crippen LogP contribution in [0.5, 0.6) is 0 Å². The molecule has 4 aromatic rings. The fraction of sp³-hybridized carbons (Fsp3) is 0.400. The van der Waals surface area contributed by atoms with E-state index >= 15 is 0 Å². The Hall–Kier alpha value is -3.79. The van der Waals surface area contributed by atoms with E-state index < -0.39 is 5.60 Å². The van der Waals surface area contributed by atoms with Crippen molar-refractivity contribution in [2.24, 2.45) is 13.0 Å². The number of aliphatic hydroxyl groups is 1. The van der Waals surface area contributed by atoms with Crippen molar-refractivity contribution in [3.8, 4) is 16.8 Å². The lowest BCUT2D eigenvalue weighted by Gasteiger charge is -2.38. The lowest BCUT2D eigenvalue weighted by atomic mass is 9.91. The normalized spacial score (nSPS) is 17.7. The Kier molecular flexibility index (Phi) is 5.06. The van der Waals surface area contributed by atoms with Gasteiger partial charge in [-0.2, -0.15) is 10.2 Å².